The monoisotopic (exact) mass is 384 g/mol. The number of ether oxygens (including phenoxy) is 1. The SMILES string of the molecule is Cc1ccc2c(c1)NC(=O)C[C@@H]1CCN(C(=O)c3cccs3)C[C@@H]1CCO2. The van der Waals surface area contributed by atoms with Crippen molar-refractivity contribution in [1.29, 1.82) is 0 Å². The van der Waals surface area contributed by atoms with Crippen LogP contribution in [0, 0.1) is 18.8 Å². The van der Waals surface area contributed by atoms with Crippen LogP contribution in [0.3, 0.4) is 0 Å². The first-order valence-corrected chi connectivity index (χ1v) is 10.3. The Labute approximate surface area is 163 Å². The first kappa shape index (κ1) is 18.0. The predicted octanol–water partition coefficient (Wildman–Crippen LogP) is 3.95. The number of nitrogens with one attached hydrogen (secondary N) is 1. The average molecular weight is 385 g/mol. The van der Waals surface area contributed by atoms with Gasteiger partial charge in [-0.05, 0) is 60.7 Å². The number of fused-ring (bicyclic) bond motifs is 2. The molecule has 1 N–H and O–H groups in total. The van der Waals surface area contributed by atoms with E-state index in [1.54, 1.807) is 0 Å². The molecule has 142 valence electrons. The third kappa shape index (κ3) is 4.00. The minimum absolute atomic E-state index is 0.0281. The minimum Gasteiger partial charge on any atom is -0.491 e. The van der Waals surface area contributed by atoms with Crippen LogP contribution in [0.15, 0.2) is 35.7 Å². The summed E-state index contributed by atoms with van der Waals surface area (Å²) in [5.74, 6) is 1.41. The number of benzene rings is 1. The number of rotatable bonds is 1. The molecule has 4 rings (SSSR count). The van der Waals surface area contributed by atoms with E-state index in [1.807, 2.05) is 47.5 Å². The van der Waals surface area contributed by atoms with Crippen molar-refractivity contribution in [2.45, 2.75) is 26.2 Å². The van der Waals surface area contributed by atoms with Crippen molar-refractivity contribution in [3.63, 3.8) is 0 Å². The van der Waals surface area contributed by atoms with Gasteiger partial charge in [-0.15, -0.1) is 11.3 Å². The highest BCUT2D eigenvalue weighted by molar-refractivity contribution is 7.12. The number of hydrogen-bond donors (Lipinski definition) is 1. The van der Waals surface area contributed by atoms with Gasteiger partial charge in [0.1, 0.15) is 5.75 Å². The molecule has 0 radical (unpaired) electrons. The molecule has 2 aromatic rings. The molecule has 1 fully saturated rings. The summed E-state index contributed by atoms with van der Waals surface area (Å²) in [7, 11) is 0. The lowest BCUT2D eigenvalue weighted by atomic mass is 9.81. The van der Waals surface area contributed by atoms with E-state index in [-0.39, 0.29) is 23.7 Å². The molecule has 0 bridgehead atoms. The Morgan fingerprint density at radius 1 is 1.26 bits per heavy atom. The van der Waals surface area contributed by atoms with E-state index in [4.69, 9.17) is 4.74 Å². The molecule has 27 heavy (non-hydrogen) atoms. The summed E-state index contributed by atoms with van der Waals surface area (Å²) < 4.78 is 5.97. The predicted molar refractivity (Wildman–Crippen MR) is 106 cm³/mol. The van der Waals surface area contributed by atoms with Crippen molar-refractivity contribution >= 4 is 28.8 Å². The van der Waals surface area contributed by atoms with Gasteiger partial charge in [0.25, 0.3) is 5.91 Å². The standard InChI is InChI=1S/C21H24N2O3S/c1-14-4-5-18-17(11-14)22-20(24)12-15-6-8-23(13-16(15)7-9-26-18)21(25)19-3-2-10-27-19/h2-5,10-11,15-16H,6-9,12-13H2,1H3,(H,22,24)/t15-,16-/m0/s1. The molecule has 2 amide bonds. The van der Waals surface area contributed by atoms with E-state index in [0.29, 0.717) is 26.1 Å². The summed E-state index contributed by atoms with van der Waals surface area (Å²) in [6.07, 6.45) is 2.20. The summed E-state index contributed by atoms with van der Waals surface area (Å²) in [6.45, 7) is 4.00. The van der Waals surface area contributed by atoms with Gasteiger partial charge in [-0.1, -0.05) is 12.1 Å². The molecule has 0 saturated carbocycles. The summed E-state index contributed by atoms with van der Waals surface area (Å²) >= 11 is 1.48. The fraction of sp³-hybridized carbons (Fsp3) is 0.429. The van der Waals surface area contributed by atoms with E-state index in [0.717, 1.165) is 34.7 Å². The molecule has 2 atom stereocenters. The van der Waals surface area contributed by atoms with Crippen molar-refractivity contribution in [1.82, 2.24) is 4.90 Å². The van der Waals surface area contributed by atoms with Gasteiger partial charge in [-0.3, -0.25) is 9.59 Å². The van der Waals surface area contributed by atoms with Crippen LogP contribution in [0.1, 0.15) is 34.5 Å². The van der Waals surface area contributed by atoms with Crippen LogP contribution >= 0.6 is 11.3 Å². The zero-order valence-electron chi connectivity index (χ0n) is 15.4. The molecular formula is C21H24N2O3S. The summed E-state index contributed by atoms with van der Waals surface area (Å²) in [6, 6.07) is 9.64. The van der Waals surface area contributed by atoms with Gasteiger partial charge in [0.05, 0.1) is 17.2 Å². The van der Waals surface area contributed by atoms with Gasteiger partial charge in [0, 0.05) is 19.5 Å². The molecule has 0 aliphatic carbocycles. The molecule has 5 nitrogen and oxygen atoms in total. The van der Waals surface area contributed by atoms with E-state index in [1.165, 1.54) is 11.3 Å². The maximum absolute atomic E-state index is 12.7. The number of hydrogen-bond acceptors (Lipinski definition) is 4. The number of piperidine rings is 1. The number of likely N-dealkylation sites (tertiary alicyclic amines) is 1. The van der Waals surface area contributed by atoms with Crippen molar-refractivity contribution in [2.24, 2.45) is 11.8 Å². The van der Waals surface area contributed by atoms with Crippen LogP contribution in [0.25, 0.3) is 0 Å². The highest BCUT2D eigenvalue weighted by atomic mass is 32.1. The Balaban J connectivity index is 1.49. The zero-order valence-corrected chi connectivity index (χ0v) is 16.3. The van der Waals surface area contributed by atoms with Gasteiger partial charge >= 0.3 is 0 Å². The van der Waals surface area contributed by atoms with Crippen LogP contribution in [-0.2, 0) is 4.79 Å². The lowest BCUT2D eigenvalue weighted by molar-refractivity contribution is -0.118. The number of anilines is 1. The number of amides is 2. The van der Waals surface area contributed by atoms with E-state index < -0.39 is 0 Å². The molecule has 1 saturated heterocycles. The zero-order chi connectivity index (χ0) is 18.8. The number of carbonyl (C=O) groups excluding carboxylic acids is 2. The highest BCUT2D eigenvalue weighted by Gasteiger charge is 2.33. The van der Waals surface area contributed by atoms with Gasteiger partial charge in [0.2, 0.25) is 5.91 Å². The van der Waals surface area contributed by atoms with Gasteiger partial charge < -0.3 is 15.0 Å². The second-order valence-corrected chi connectivity index (χ2v) is 8.37. The Bertz CT molecular complexity index is 834. The smallest absolute Gasteiger partial charge is 0.263 e. The maximum atomic E-state index is 12.7. The topological polar surface area (TPSA) is 58.6 Å². The highest BCUT2D eigenvalue weighted by Crippen LogP contribution is 2.34. The molecule has 6 heteroatoms. The Kier molecular flexibility index (Phi) is 5.16. The molecule has 2 aliphatic heterocycles. The van der Waals surface area contributed by atoms with Crippen LogP contribution in [-0.4, -0.2) is 36.4 Å². The number of thiophene rings is 1. The first-order valence-electron chi connectivity index (χ1n) is 9.46. The molecule has 1 aromatic carbocycles. The lowest BCUT2D eigenvalue weighted by Crippen LogP contribution is -2.45. The van der Waals surface area contributed by atoms with Gasteiger partial charge in [-0.2, -0.15) is 0 Å². The second-order valence-electron chi connectivity index (χ2n) is 7.43. The molecular weight excluding hydrogens is 360 g/mol. The third-order valence-corrected chi connectivity index (χ3v) is 6.37. The molecule has 3 heterocycles. The van der Waals surface area contributed by atoms with E-state index in [9.17, 15) is 9.59 Å². The van der Waals surface area contributed by atoms with Gasteiger partial charge in [-0.25, -0.2) is 0 Å². The fourth-order valence-electron chi connectivity index (χ4n) is 4.04. The minimum atomic E-state index is 0.0281. The van der Waals surface area contributed by atoms with Crippen molar-refractivity contribution in [3.8, 4) is 5.75 Å². The molecule has 0 spiro atoms. The quantitative estimate of drug-likeness (QED) is 0.810. The second kappa shape index (κ2) is 7.72. The Hall–Kier alpha value is -2.34. The Morgan fingerprint density at radius 2 is 2.15 bits per heavy atom. The lowest BCUT2D eigenvalue weighted by Gasteiger charge is -2.38. The van der Waals surface area contributed by atoms with Crippen LogP contribution in [0.2, 0.25) is 0 Å². The average Bonchev–Trinajstić information content (AvgIpc) is 3.18. The summed E-state index contributed by atoms with van der Waals surface area (Å²) in [5.41, 5.74) is 1.84. The van der Waals surface area contributed by atoms with Gasteiger partial charge in [0.15, 0.2) is 0 Å². The normalized spacial score (nSPS) is 22.9. The molecule has 2 aliphatic rings. The third-order valence-electron chi connectivity index (χ3n) is 5.51. The number of carbonyl (C=O) groups is 2. The van der Waals surface area contributed by atoms with E-state index >= 15 is 0 Å². The number of aryl methyl sites for hydroxylation is 1. The Morgan fingerprint density at radius 3 is 2.96 bits per heavy atom. The summed E-state index contributed by atoms with van der Waals surface area (Å²) in [5, 5.41) is 4.95. The largest absolute Gasteiger partial charge is 0.491 e. The van der Waals surface area contributed by atoms with Crippen molar-refractivity contribution in [2.75, 3.05) is 25.0 Å². The fourth-order valence-corrected chi connectivity index (χ4v) is 4.73. The van der Waals surface area contributed by atoms with Crippen molar-refractivity contribution < 1.29 is 14.3 Å². The van der Waals surface area contributed by atoms with Crippen LogP contribution < -0.4 is 10.1 Å². The maximum Gasteiger partial charge on any atom is 0.263 e. The summed E-state index contributed by atoms with van der Waals surface area (Å²) in [4.78, 5) is 28.0. The van der Waals surface area contributed by atoms with Crippen LogP contribution in [0.5, 0.6) is 5.75 Å². The number of nitrogens with zero attached hydrogens (tertiary/aromatic N) is 1. The van der Waals surface area contributed by atoms with E-state index in [2.05, 4.69) is 5.32 Å². The first-order chi connectivity index (χ1) is 13.1. The molecule has 1 aromatic heterocycles. The van der Waals surface area contributed by atoms with Crippen molar-refractivity contribution in [3.05, 3.63) is 46.2 Å². The molecule has 0 unspecified atom stereocenters. The van der Waals surface area contributed by atoms with Crippen LogP contribution in [0.4, 0.5) is 5.69 Å².